The molecule has 1 heterocycles. The number of hydrogen-bond acceptors (Lipinski definition) is 4. The average Bonchev–Trinajstić information content (AvgIpc) is 2.93. The van der Waals surface area contributed by atoms with Gasteiger partial charge in [0.1, 0.15) is 5.76 Å². The van der Waals surface area contributed by atoms with E-state index in [1.807, 2.05) is 13.0 Å². The summed E-state index contributed by atoms with van der Waals surface area (Å²) in [7, 11) is 0. The molecule has 1 atom stereocenters. The molecule has 1 rings (SSSR count). The molecule has 19 heavy (non-hydrogen) atoms. The molecule has 0 fully saturated rings. The minimum atomic E-state index is 0.0481. The Bertz CT molecular complexity index is 409. The van der Waals surface area contributed by atoms with Gasteiger partial charge in [-0.2, -0.15) is 5.26 Å². The molecule has 0 saturated carbocycles. The molecule has 0 aliphatic heterocycles. The van der Waals surface area contributed by atoms with Gasteiger partial charge in [0.2, 0.25) is 5.91 Å². The molecule has 5 heteroatoms. The highest BCUT2D eigenvalue weighted by molar-refractivity contribution is 5.76. The predicted octanol–water partition coefficient (Wildman–Crippen LogP) is 1.90. The quantitative estimate of drug-likeness (QED) is 0.776. The number of rotatable bonds is 8. The van der Waals surface area contributed by atoms with Gasteiger partial charge in [0, 0.05) is 13.0 Å². The summed E-state index contributed by atoms with van der Waals surface area (Å²) in [6.07, 6.45) is 3.15. The van der Waals surface area contributed by atoms with Crippen molar-refractivity contribution in [2.24, 2.45) is 11.7 Å². The molecule has 0 aliphatic carbocycles. The van der Waals surface area contributed by atoms with E-state index in [0.717, 1.165) is 12.2 Å². The van der Waals surface area contributed by atoms with Crippen LogP contribution in [0.1, 0.15) is 31.9 Å². The lowest BCUT2D eigenvalue weighted by Gasteiger charge is -2.21. The molecule has 5 nitrogen and oxygen atoms in total. The smallest absolute Gasteiger partial charge is 0.223 e. The highest BCUT2D eigenvalue weighted by Crippen LogP contribution is 2.11. The fourth-order valence-electron chi connectivity index (χ4n) is 1.71. The van der Waals surface area contributed by atoms with Crippen LogP contribution in [0.25, 0.3) is 0 Å². The molecular weight excluding hydrogens is 242 g/mol. The highest BCUT2D eigenvalue weighted by Gasteiger charge is 2.15. The highest BCUT2D eigenvalue weighted by atomic mass is 16.3. The van der Waals surface area contributed by atoms with Crippen LogP contribution < -0.4 is 5.73 Å². The molecule has 0 aliphatic rings. The topological polar surface area (TPSA) is 83.3 Å². The largest absolute Gasteiger partial charge is 0.467 e. The van der Waals surface area contributed by atoms with Crippen LogP contribution in [-0.4, -0.2) is 23.9 Å². The lowest BCUT2D eigenvalue weighted by atomic mass is 10.1. The van der Waals surface area contributed by atoms with Gasteiger partial charge in [-0.25, -0.2) is 0 Å². The Morgan fingerprint density at radius 3 is 3.00 bits per heavy atom. The van der Waals surface area contributed by atoms with Crippen molar-refractivity contribution in [2.75, 3.05) is 13.1 Å². The molecule has 0 radical (unpaired) electrons. The minimum absolute atomic E-state index is 0.0481. The maximum atomic E-state index is 12.1. The van der Waals surface area contributed by atoms with Gasteiger partial charge in [0.25, 0.3) is 0 Å². The zero-order chi connectivity index (χ0) is 14.1. The fraction of sp³-hybridized carbons (Fsp3) is 0.571. The van der Waals surface area contributed by atoms with E-state index in [0.29, 0.717) is 38.4 Å². The number of hydrogen-bond donors (Lipinski definition) is 1. The van der Waals surface area contributed by atoms with Crippen LogP contribution in [0.3, 0.4) is 0 Å². The summed E-state index contributed by atoms with van der Waals surface area (Å²) in [4.78, 5) is 13.8. The van der Waals surface area contributed by atoms with E-state index in [4.69, 9.17) is 15.4 Å². The van der Waals surface area contributed by atoms with Gasteiger partial charge in [0.15, 0.2) is 0 Å². The number of nitrogens with zero attached hydrogens (tertiary/aromatic N) is 2. The normalized spacial score (nSPS) is 11.8. The second-order valence-corrected chi connectivity index (χ2v) is 4.68. The predicted molar refractivity (Wildman–Crippen MR) is 71.8 cm³/mol. The van der Waals surface area contributed by atoms with Gasteiger partial charge in [-0.05, 0) is 31.0 Å². The average molecular weight is 263 g/mol. The third kappa shape index (κ3) is 5.58. The van der Waals surface area contributed by atoms with Crippen molar-refractivity contribution >= 4 is 5.91 Å². The maximum Gasteiger partial charge on any atom is 0.223 e. The van der Waals surface area contributed by atoms with E-state index in [1.165, 1.54) is 0 Å². The lowest BCUT2D eigenvalue weighted by Crippen LogP contribution is -2.31. The van der Waals surface area contributed by atoms with Crippen molar-refractivity contribution in [3.8, 4) is 6.07 Å². The Balaban J connectivity index is 2.52. The maximum absolute atomic E-state index is 12.1. The molecule has 0 saturated heterocycles. The standard InChI is InChI=1S/C14H21N3O2/c1-12(10-16)5-6-14(18)17(8-3-7-15)11-13-4-2-9-19-13/h2,4,9,12H,3,5-6,8,10-11,16H2,1H3. The van der Waals surface area contributed by atoms with Crippen molar-refractivity contribution < 1.29 is 9.21 Å². The van der Waals surface area contributed by atoms with Crippen molar-refractivity contribution in [1.29, 1.82) is 5.26 Å². The van der Waals surface area contributed by atoms with Crippen LogP contribution in [0, 0.1) is 17.2 Å². The first-order valence-corrected chi connectivity index (χ1v) is 6.54. The van der Waals surface area contributed by atoms with Crippen LogP contribution in [0.5, 0.6) is 0 Å². The van der Waals surface area contributed by atoms with Crippen LogP contribution >= 0.6 is 0 Å². The Hall–Kier alpha value is -1.80. The lowest BCUT2D eigenvalue weighted by molar-refractivity contribution is -0.132. The van der Waals surface area contributed by atoms with Crippen molar-refractivity contribution in [1.82, 2.24) is 4.90 Å². The first kappa shape index (κ1) is 15.3. The zero-order valence-electron chi connectivity index (χ0n) is 11.3. The van der Waals surface area contributed by atoms with E-state index >= 15 is 0 Å². The first-order valence-electron chi connectivity index (χ1n) is 6.54. The Morgan fingerprint density at radius 1 is 1.63 bits per heavy atom. The Labute approximate surface area is 114 Å². The van der Waals surface area contributed by atoms with Gasteiger partial charge in [-0.1, -0.05) is 6.92 Å². The van der Waals surface area contributed by atoms with Gasteiger partial charge in [0.05, 0.1) is 25.3 Å². The molecule has 2 N–H and O–H groups in total. The van der Waals surface area contributed by atoms with E-state index in [1.54, 1.807) is 17.2 Å². The Kier molecular flexibility index (Phi) is 6.69. The summed E-state index contributed by atoms with van der Waals surface area (Å²) in [5, 5.41) is 8.65. The molecule has 1 amide bonds. The molecule has 104 valence electrons. The summed E-state index contributed by atoms with van der Waals surface area (Å²) in [5.41, 5.74) is 5.54. The number of furan rings is 1. The SMILES string of the molecule is CC(CN)CCC(=O)N(CCC#N)Cc1ccco1. The second kappa shape index (κ2) is 8.33. The van der Waals surface area contributed by atoms with Gasteiger partial charge in [-0.3, -0.25) is 4.79 Å². The molecule has 0 bridgehead atoms. The molecule has 0 spiro atoms. The van der Waals surface area contributed by atoms with E-state index in [9.17, 15) is 4.79 Å². The van der Waals surface area contributed by atoms with E-state index in [2.05, 4.69) is 6.07 Å². The number of amides is 1. The summed E-state index contributed by atoms with van der Waals surface area (Å²) >= 11 is 0. The van der Waals surface area contributed by atoms with Crippen molar-refractivity contribution in [3.05, 3.63) is 24.2 Å². The van der Waals surface area contributed by atoms with Gasteiger partial charge >= 0.3 is 0 Å². The first-order chi connectivity index (χ1) is 9.17. The number of carbonyl (C=O) groups excluding carboxylic acids is 1. The molecular formula is C14H21N3O2. The summed E-state index contributed by atoms with van der Waals surface area (Å²) in [5.74, 6) is 1.12. The fourth-order valence-corrected chi connectivity index (χ4v) is 1.71. The van der Waals surface area contributed by atoms with Gasteiger partial charge < -0.3 is 15.1 Å². The monoisotopic (exact) mass is 263 g/mol. The number of nitrogens with two attached hydrogens (primary N) is 1. The molecule has 1 unspecified atom stereocenters. The minimum Gasteiger partial charge on any atom is -0.467 e. The van der Waals surface area contributed by atoms with Crippen LogP contribution in [0.15, 0.2) is 22.8 Å². The van der Waals surface area contributed by atoms with Crippen LogP contribution in [0.2, 0.25) is 0 Å². The summed E-state index contributed by atoms with van der Waals surface area (Å²) < 4.78 is 5.24. The van der Waals surface area contributed by atoms with Crippen molar-refractivity contribution in [3.63, 3.8) is 0 Å². The van der Waals surface area contributed by atoms with E-state index < -0.39 is 0 Å². The van der Waals surface area contributed by atoms with Crippen molar-refractivity contribution in [2.45, 2.75) is 32.7 Å². The van der Waals surface area contributed by atoms with E-state index in [-0.39, 0.29) is 5.91 Å². The van der Waals surface area contributed by atoms with Crippen LogP contribution in [0.4, 0.5) is 0 Å². The zero-order valence-corrected chi connectivity index (χ0v) is 11.3. The second-order valence-electron chi connectivity index (χ2n) is 4.68. The molecule has 0 aromatic carbocycles. The summed E-state index contributed by atoms with van der Waals surface area (Å²) in [6.45, 7) is 3.47. The molecule has 1 aromatic rings. The Morgan fingerprint density at radius 2 is 2.42 bits per heavy atom. The number of carbonyl (C=O) groups is 1. The third-order valence-corrected chi connectivity index (χ3v) is 3.03. The van der Waals surface area contributed by atoms with Crippen LogP contribution in [-0.2, 0) is 11.3 Å². The molecule has 1 aromatic heterocycles. The third-order valence-electron chi connectivity index (χ3n) is 3.03. The number of nitriles is 1. The van der Waals surface area contributed by atoms with Gasteiger partial charge in [-0.15, -0.1) is 0 Å². The summed E-state index contributed by atoms with van der Waals surface area (Å²) in [6, 6.07) is 5.68.